The maximum Gasteiger partial charge on any atom is 0.263 e. The van der Waals surface area contributed by atoms with E-state index in [9.17, 15) is 4.79 Å². The Morgan fingerprint density at radius 3 is 1.96 bits per heavy atom. The summed E-state index contributed by atoms with van der Waals surface area (Å²) in [4.78, 5) is 13.9. The Kier molecular flexibility index (Phi) is 5.56. The summed E-state index contributed by atoms with van der Waals surface area (Å²) in [6.07, 6.45) is 0. The van der Waals surface area contributed by atoms with E-state index in [4.69, 9.17) is 4.42 Å². The van der Waals surface area contributed by atoms with E-state index in [2.05, 4.69) is 152 Å². The van der Waals surface area contributed by atoms with Gasteiger partial charge in [-0.3, -0.25) is 9.20 Å². The molecule has 0 fully saturated rings. The third kappa shape index (κ3) is 3.66. The van der Waals surface area contributed by atoms with Gasteiger partial charge in [-0.05, 0) is 99.4 Å². The zero-order valence-corrected chi connectivity index (χ0v) is 30.7. The van der Waals surface area contributed by atoms with Crippen LogP contribution < -0.4 is 5.56 Å². The molecule has 56 heavy (non-hydrogen) atoms. The van der Waals surface area contributed by atoms with Gasteiger partial charge < -0.3 is 8.98 Å². The van der Waals surface area contributed by atoms with Gasteiger partial charge in [0.05, 0.1) is 22.1 Å². The molecule has 4 heterocycles. The van der Waals surface area contributed by atoms with Gasteiger partial charge in [-0.2, -0.15) is 0 Å². The number of hydrogen-bond acceptors (Lipinski definition) is 2. The second-order valence-electron chi connectivity index (χ2n) is 16.0. The molecule has 0 bridgehead atoms. The molecule has 8 aromatic carbocycles. The highest BCUT2D eigenvalue weighted by molar-refractivity contribution is 6.27. The molecular weight excluding hydrogens is 685 g/mol. The van der Waals surface area contributed by atoms with Crippen molar-refractivity contribution < 1.29 is 4.42 Å². The molecule has 1 aliphatic carbocycles. The first-order chi connectivity index (χ1) is 27.5. The Morgan fingerprint density at radius 1 is 0.464 bits per heavy atom. The molecule has 0 unspecified atom stereocenters. The zero-order chi connectivity index (χ0) is 37.0. The first-order valence-corrected chi connectivity index (χ1v) is 19.3. The zero-order valence-electron chi connectivity index (χ0n) is 30.7. The highest BCUT2D eigenvalue weighted by Crippen LogP contribution is 2.51. The molecule has 13 rings (SSSR count). The first kappa shape index (κ1) is 30.2. The van der Waals surface area contributed by atoms with E-state index in [1.807, 2.05) is 28.7 Å². The maximum absolute atomic E-state index is 13.9. The van der Waals surface area contributed by atoms with Crippen LogP contribution in [0.5, 0.6) is 0 Å². The molecule has 0 saturated carbocycles. The SMILES string of the molecule is CC1(C)c2cc(-c3ccc4c(c3)c3cccc5c6ccccc6c(=O)n4c53)ccc2-c2ccc(-n3c4ccccc4c4c5c(ccc43)oc3ccccc35)cc21. The van der Waals surface area contributed by atoms with Crippen molar-refractivity contribution in [2.75, 3.05) is 0 Å². The number of benzene rings is 8. The third-order valence-electron chi connectivity index (χ3n) is 12.9. The number of pyridine rings is 1. The van der Waals surface area contributed by atoms with Crippen LogP contribution >= 0.6 is 0 Å². The molecule has 0 amide bonds. The lowest BCUT2D eigenvalue weighted by atomic mass is 9.81. The molecule has 0 spiro atoms. The van der Waals surface area contributed by atoms with Gasteiger partial charge in [-0.25, -0.2) is 0 Å². The van der Waals surface area contributed by atoms with Crippen molar-refractivity contribution in [1.29, 1.82) is 0 Å². The predicted octanol–water partition coefficient (Wildman–Crippen LogP) is 13.2. The van der Waals surface area contributed by atoms with Gasteiger partial charge in [-0.15, -0.1) is 0 Å². The molecule has 0 saturated heterocycles. The van der Waals surface area contributed by atoms with Gasteiger partial charge in [0.1, 0.15) is 11.2 Å². The van der Waals surface area contributed by atoms with Crippen LogP contribution in [0.2, 0.25) is 0 Å². The Labute approximate surface area is 320 Å². The maximum atomic E-state index is 13.9. The van der Waals surface area contributed by atoms with E-state index in [0.29, 0.717) is 0 Å². The average molecular weight is 717 g/mol. The van der Waals surface area contributed by atoms with Crippen molar-refractivity contribution in [3.05, 3.63) is 179 Å². The molecule has 0 atom stereocenters. The molecule has 1 aliphatic rings. The smallest absolute Gasteiger partial charge is 0.263 e. The molecule has 4 nitrogen and oxygen atoms in total. The Hall–Kier alpha value is -7.17. The molecule has 0 N–H and O–H groups in total. The van der Waals surface area contributed by atoms with Crippen molar-refractivity contribution in [3.63, 3.8) is 0 Å². The van der Waals surface area contributed by atoms with Gasteiger partial charge in [-0.1, -0.05) is 111 Å². The molecule has 4 aromatic heterocycles. The van der Waals surface area contributed by atoms with Gasteiger partial charge >= 0.3 is 0 Å². The van der Waals surface area contributed by atoms with Crippen LogP contribution in [0.4, 0.5) is 0 Å². The van der Waals surface area contributed by atoms with Crippen LogP contribution in [0.15, 0.2) is 167 Å². The minimum absolute atomic E-state index is 0.0348. The quantitative estimate of drug-likeness (QED) is 0.167. The summed E-state index contributed by atoms with van der Waals surface area (Å²) < 4.78 is 10.7. The first-order valence-electron chi connectivity index (χ1n) is 19.3. The molecule has 4 heteroatoms. The number of fused-ring (bicyclic) bond motifs is 15. The number of furan rings is 1. The Morgan fingerprint density at radius 2 is 1.11 bits per heavy atom. The lowest BCUT2D eigenvalue weighted by molar-refractivity contribution is 0.660. The topological polar surface area (TPSA) is 39.5 Å². The largest absolute Gasteiger partial charge is 0.456 e. The van der Waals surface area contributed by atoms with Crippen LogP contribution in [-0.4, -0.2) is 8.97 Å². The lowest BCUT2D eigenvalue weighted by Crippen LogP contribution is -2.15. The average Bonchev–Trinajstić information content (AvgIpc) is 3.95. The van der Waals surface area contributed by atoms with E-state index >= 15 is 0 Å². The second kappa shape index (κ2) is 10.3. The fourth-order valence-electron chi connectivity index (χ4n) is 10.3. The molecule has 262 valence electrons. The van der Waals surface area contributed by atoms with E-state index in [0.717, 1.165) is 65.8 Å². The minimum Gasteiger partial charge on any atom is -0.456 e. The minimum atomic E-state index is -0.227. The number of para-hydroxylation sites is 3. The molecular formula is C52H32N2O2. The summed E-state index contributed by atoms with van der Waals surface area (Å²) in [7, 11) is 0. The summed E-state index contributed by atoms with van der Waals surface area (Å²) in [6.45, 7) is 4.71. The standard InChI is InChI=1S/C52H32N2O2/c1-52(2)41-27-30(29-19-23-44-40(26-29)36-15-9-14-35-32-10-3-4-11-37(32)51(55)54(44)50(35)36)18-21-33(41)34-22-20-31(28-42(34)52)53-43-16-7-5-12-38(43)48-45(53)24-25-47-49(48)39-13-6-8-17-46(39)56-47/h3-28H,1-2H3. The van der Waals surface area contributed by atoms with Crippen LogP contribution in [0, 0.1) is 0 Å². The van der Waals surface area contributed by atoms with Crippen molar-refractivity contribution in [3.8, 4) is 27.9 Å². The lowest BCUT2D eigenvalue weighted by Gasteiger charge is -2.23. The van der Waals surface area contributed by atoms with E-state index < -0.39 is 0 Å². The number of aromatic nitrogens is 2. The summed E-state index contributed by atoms with van der Waals surface area (Å²) in [5.74, 6) is 0. The van der Waals surface area contributed by atoms with E-state index in [1.165, 1.54) is 55.0 Å². The Balaban J connectivity index is 0.967. The second-order valence-corrected chi connectivity index (χ2v) is 16.0. The third-order valence-corrected chi connectivity index (χ3v) is 12.9. The fourth-order valence-corrected chi connectivity index (χ4v) is 10.3. The summed E-state index contributed by atoms with van der Waals surface area (Å²) in [6, 6.07) is 56.3. The molecule has 12 aromatic rings. The normalized spacial score (nSPS) is 13.8. The number of rotatable bonds is 2. The highest BCUT2D eigenvalue weighted by atomic mass is 16.3. The van der Waals surface area contributed by atoms with Crippen LogP contribution in [0.1, 0.15) is 25.0 Å². The number of hydrogen-bond donors (Lipinski definition) is 0. The Bertz CT molecular complexity index is 3760. The number of nitrogens with zero attached hydrogens (tertiary/aromatic N) is 2. The van der Waals surface area contributed by atoms with Crippen molar-refractivity contribution in [2.24, 2.45) is 0 Å². The van der Waals surface area contributed by atoms with E-state index in [1.54, 1.807) is 0 Å². The van der Waals surface area contributed by atoms with Crippen LogP contribution in [-0.2, 0) is 5.41 Å². The van der Waals surface area contributed by atoms with Crippen LogP contribution in [0.25, 0.3) is 110 Å². The van der Waals surface area contributed by atoms with Gasteiger partial charge in [0.15, 0.2) is 0 Å². The molecule has 0 radical (unpaired) electrons. The van der Waals surface area contributed by atoms with Crippen molar-refractivity contribution >= 4 is 81.7 Å². The fraction of sp³-hybridized carbons (Fsp3) is 0.0577. The summed E-state index contributed by atoms with van der Waals surface area (Å²) >= 11 is 0. The monoisotopic (exact) mass is 716 g/mol. The van der Waals surface area contributed by atoms with E-state index in [-0.39, 0.29) is 11.0 Å². The predicted molar refractivity (Wildman–Crippen MR) is 232 cm³/mol. The summed E-state index contributed by atoms with van der Waals surface area (Å²) in [5, 5.41) is 9.82. The van der Waals surface area contributed by atoms with Gasteiger partial charge in [0, 0.05) is 54.2 Å². The highest BCUT2D eigenvalue weighted by Gasteiger charge is 2.36. The molecule has 0 aliphatic heterocycles. The van der Waals surface area contributed by atoms with Crippen molar-refractivity contribution in [1.82, 2.24) is 8.97 Å². The van der Waals surface area contributed by atoms with Crippen molar-refractivity contribution in [2.45, 2.75) is 19.3 Å². The van der Waals surface area contributed by atoms with Gasteiger partial charge in [0.2, 0.25) is 0 Å². The van der Waals surface area contributed by atoms with Gasteiger partial charge in [0.25, 0.3) is 5.56 Å². The van der Waals surface area contributed by atoms with Crippen LogP contribution in [0.3, 0.4) is 0 Å². The summed E-state index contributed by atoms with van der Waals surface area (Å²) in [5.41, 5.74) is 14.6.